The fourth-order valence-corrected chi connectivity index (χ4v) is 2.97. The molecule has 0 spiro atoms. The van der Waals surface area contributed by atoms with Gasteiger partial charge in [0.05, 0.1) is 27.9 Å². The van der Waals surface area contributed by atoms with Gasteiger partial charge in [0.2, 0.25) is 0 Å². The first-order valence-corrected chi connectivity index (χ1v) is 9.17. The third-order valence-electron chi connectivity index (χ3n) is 4.40. The van der Waals surface area contributed by atoms with Gasteiger partial charge in [0.1, 0.15) is 17.8 Å². The molecule has 0 saturated carbocycles. The largest absolute Gasteiger partial charge is 0.480 e. The highest BCUT2D eigenvalue weighted by atomic mass is 16.6. The number of hydrogen-bond acceptors (Lipinski definition) is 8. The van der Waals surface area contributed by atoms with Crippen molar-refractivity contribution in [1.82, 2.24) is 14.9 Å². The van der Waals surface area contributed by atoms with E-state index in [-0.39, 0.29) is 30.1 Å². The van der Waals surface area contributed by atoms with Crippen LogP contribution < -0.4 is 5.32 Å². The molecule has 1 heterocycles. The number of non-ortho nitro benzene ring substituents is 1. The van der Waals surface area contributed by atoms with Crippen LogP contribution in [0.4, 0.5) is 11.4 Å². The number of aromatic nitrogens is 2. The van der Waals surface area contributed by atoms with E-state index >= 15 is 0 Å². The lowest BCUT2D eigenvalue weighted by Crippen LogP contribution is -2.48. The number of hydrogen-bond donors (Lipinski definition) is 3. The van der Waals surface area contributed by atoms with E-state index in [1.54, 1.807) is 0 Å². The number of nitro groups is 2. The van der Waals surface area contributed by atoms with E-state index in [9.17, 15) is 40.0 Å². The van der Waals surface area contributed by atoms with Crippen LogP contribution in [0, 0.1) is 26.1 Å². The van der Waals surface area contributed by atoms with Crippen molar-refractivity contribution in [3.05, 3.63) is 56.6 Å². The molecule has 1 aromatic carbocycles. The first-order chi connectivity index (χ1) is 14.5. The maximum atomic E-state index is 11.6. The van der Waals surface area contributed by atoms with Crippen molar-refractivity contribution in [1.29, 1.82) is 0 Å². The van der Waals surface area contributed by atoms with Crippen LogP contribution in [0.1, 0.15) is 26.0 Å². The molecule has 0 amide bonds. The highest BCUT2D eigenvalue weighted by molar-refractivity contribution is 5.77. The molecular formula is C18H21N5O8. The Bertz CT molecular complexity index is 1000. The molecule has 0 aliphatic carbocycles. The van der Waals surface area contributed by atoms with E-state index in [0.29, 0.717) is 0 Å². The number of benzene rings is 1. The normalized spacial score (nSPS) is 13.0. The fourth-order valence-electron chi connectivity index (χ4n) is 2.97. The first kappa shape index (κ1) is 23.4. The van der Waals surface area contributed by atoms with Gasteiger partial charge in [-0.2, -0.15) is 0 Å². The van der Waals surface area contributed by atoms with E-state index in [1.807, 2.05) is 13.8 Å². The van der Waals surface area contributed by atoms with Gasteiger partial charge in [-0.15, -0.1) is 0 Å². The third kappa shape index (κ3) is 6.05. The van der Waals surface area contributed by atoms with Crippen LogP contribution in [0.15, 0.2) is 30.7 Å². The van der Waals surface area contributed by atoms with Gasteiger partial charge in [0, 0.05) is 18.7 Å². The lowest BCUT2D eigenvalue weighted by Gasteiger charge is -2.21. The lowest BCUT2D eigenvalue weighted by molar-refractivity contribution is -0.394. The van der Waals surface area contributed by atoms with Crippen molar-refractivity contribution in [2.24, 2.45) is 5.92 Å². The van der Waals surface area contributed by atoms with Crippen LogP contribution >= 0.6 is 0 Å². The SMILES string of the molecule is CC(C)CC(N[C@@H](Cc1cn(-c2ccc([N+](=O)[O-])cc2[N+](=O)[O-])cn1)C(=O)O)C(=O)O. The molecule has 0 bridgehead atoms. The zero-order chi connectivity index (χ0) is 23.3. The Morgan fingerprint density at radius 1 is 1.13 bits per heavy atom. The van der Waals surface area contributed by atoms with Crippen molar-refractivity contribution < 1.29 is 29.6 Å². The number of rotatable bonds is 11. The van der Waals surface area contributed by atoms with Crippen molar-refractivity contribution in [3.63, 3.8) is 0 Å². The summed E-state index contributed by atoms with van der Waals surface area (Å²) >= 11 is 0. The van der Waals surface area contributed by atoms with Gasteiger partial charge < -0.3 is 10.2 Å². The molecule has 0 saturated heterocycles. The van der Waals surface area contributed by atoms with Crippen molar-refractivity contribution >= 4 is 23.3 Å². The molecule has 0 aliphatic heterocycles. The Balaban J connectivity index is 2.28. The van der Waals surface area contributed by atoms with Gasteiger partial charge in [0.25, 0.3) is 11.4 Å². The standard InChI is InChI=1S/C18H21N5O8/c1-10(2)5-13(17(24)25)20-14(18(26)27)6-11-8-21(9-19-11)15-4-3-12(22(28)29)7-16(15)23(30)31/h3-4,7-10,13-14,20H,5-6H2,1-2H3,(H,24,25)(H,26,27)/t13?,14-/m0/s1. The summed E-state index contributed by atoms with van der Waals surface area (Å²) in [5, 5.41) is 43.6. The second kappa shape index (κ2) is 9.75. The Labute approximate surface area is 175 Å². The molecule has 13 nitrogen and oxygen atoms in total. The summed E-state index contributed by atoms with van der Waals surface area (Å²) < 4.78 is 1.25. The molecule has 1 aromatic heterocycles. The zero-order valence-electron chi connectivity index (χ0n) is 16.7. The predicted molar refractivity (Wildman–Crippen MR) is 106 cm³/mol. The van der Waals surface area contributed by atoms with Crippen molar-refractivity contribution in [2.45, 2.75) is 38.8 Å². The number of imidazole rings is 1. The average molecular weight is 435 g/mol. The van der Waals surface area contributed by atoms with Crippen LogP contribution in [0.25, 0.3) is 5.69 Å². The number of carbonyl (C=O) groups is 2. The monoisotopic (exact) mass is 435 g/mol. The van der Waals surface area contributed by atoms with Crippen LogP contribution in [0.5, 0.6) is 0 Å². The minimum atomic E-state index is -1.27. The molecule has 2 rings (SSSR count). The number of nitrogens with one attached hydrogen (secondary N) is 1. The Kier molecular flexibility index (Phi) is 7.37. The van der Waals surface area contributed by atoms with Gasteiger partial charge in [-0.05, 0) is 18.4 Å². The summed E-state index contributed by atoms with van der Waals surface area (Å²) in [7, 11) is 0. The molecule has 0 radical (unpaired) electrons. The van der Waals surface area contributed by atoms with Crippen molar-refractivity contribution in [2.75, 3.05) is 0 Å². The smallest absolute Gasteiger partial charge is 0.321 e. The Morgan fingerprint density at radius 3 is 2.29 bits per heavy atom. The van der Waals surface area contributed by atoms with Crippen LogP contribution in [-0.2, 0) is 16.0 Å². The Morgan fingerprint density at radius 2 is 1.77 bits per heavy atom. The van der Waals surface area contributed by atoms with Crippen LogP contribution in [0.3, 0.4) is 0 Å². The summed E-state index contributed by atoms with van der Waals surface area (Å²) in [5.41, 5.74) is -0.719. The van der Waals surface area contributed by atoms with Gasteiger partial charge in [-0.25, -0.2) is 4.98 Å². The maximum Gasteiger partial charge on any atom is 0.321 e. The molecule has 1 unspecified atom stereocenters. The van der Waals surface area contributed by atoms with E-state index in [4.69, 9.17) is 0 Å². The number of nitro benzene ring substituents is 2. The summed E-state index contributed by atoms with van der Waals surface area (Å²) in [4.78, 5) is 47.8. The van der Waals surface area contributed by atoms with Gasteiger partial charge >= 0.3 is 11.9 Å². The molecule has 166 valence electrons. The first-order valence-electron chi connectivity index (χ1n) is 9.17. The third-order valence-corrected chi connectivity index (χ3v) is 4.40. The molecule has 2 atom stereocenters. The number of nitrogens with zero attached hydrogens (tertiary/aromatic N) is 4. The number of carboxylic acids is 2. The highest BCUT2D eigenvalue weighted by Gasteiger charge is 2.28. The Hall–Kier alpha value is -3.87. The predicted octanol–water partition coefficient (Wildman–Crippen LogP) is 1.77. The fraction of sp³-hybridized carbons (Fsp3) is 0.389. The minimum absolute atomic E-state index is 0.0115. The van der Waals surface area contributed by atoms with Gasteiger partial charge in [-0.3, -0.25) is 39.7 Å². The summed E-state index contributed by atoms with van der Waals surface area (Å²) in [6, 6.07) is 0.791. The van der Waals surface area contributed by atoms with Crippen molar-refractivity contribution in [3.8, 4) is 5.69 Å². The lowest BCUT2D eigenvalue weighted by atomic mass is 10.0. The quantitative estimate of drug-likeness (QED) is 0.346. The van der Waals surface area contributed by atoms with E-state index in [2.05, 4.69) is 10.3 Å². The summed E-state index contributed by atoms with van der Waals surface area (Å²) in [6.45, 7) is 3.62. The van der Waals surface area contributed by atoms with Gasteiger partial charge in [-0.1, -0.05) is 13.8 Å². The van der Waals surface area contributed by atoms with E-state index in [0.717, 1.165) is 12.1 Å². The molecule has 13 heteroatoms. The zero-order valence-corrected chi connectivity index (χ0v) is 16.7. The molecule has 3 N–H and O–H groups in total. The van der Waals surface area contributed by atoms with Crippen LogP contribution in [0.2, 0.25) is 0 Å². The van der Waals surface area contributed by atoms with Crippen LogP contribution in [-0.4, -0.2) is 53.6 Å². The van der Waals surface area contributed by atoms with E-state index in [1.165, 1.54) is 23.2 Å². The summed E-state index contributed by atoms with van der Waals surface area (Å²) in [5.74, 6) is -2.43. The topological polar surface area (TPSA) is 191 Å². The number of carboxylic acid groups (broad SMARTS) is 2. The molecule has 31 heavy (non-hydrogen) atoms. The minimum Gasteiger partial charge on any atom is -0.480 e. The maximum absolute atomic E-state index is 11.6. The highest BCUT2D eigenvalue weighted by Crippen LogP contribution is 2.28. The molecule has 0 aliphatic rings. The summed E-state index contributed by atoms with van der Waals surface area (Å²) in [6.07, 6.45) is 2.61. The number of aliphatic carboxylic acids is 2. The second-order valence-corrected chi connectivity index (χ2v) is 7.24. The molecular weight excluding hydrogens is 414 g/mol. The van der Waals surface area contributed by atoms with Gasteiger partial charge in [0.15, 0.2) is 0 Å². The average Bonchev–Trinajstić information content (AvgIpc) is 3.14. The second-order valence-electron chi connectivity index (χ2n) is 7.24. The molecule has 2 aromatic rings. The molecule has 0 fully saturated rings. The van der Waals surface area contributed by atoms with E-state index < -0.39 is 45.2 Å².